The second-order valence-corrected chi connectivity index (χ2v) is 6.91. The first kappa shape index (κ1) is 22.6. The molecule has 2 rings (SSSR count). The molecule has 0 aliphatic carbocycles. The summed E-state index contributed by atoms with van der Waals surface area (Å²) in [6, 6.07) is 11.2. The number of carbonyl (C=O) groups is 1. The average Bonchev–Trinajstić information content (AvgIpc) is 2.63. The number of unbranched alkanes of at least 4 members (excludes halogenated alkanes) is 1. The van der Waals surface area contributed by atoms with Crippen LogP contribution < -0.4 is 19.5 Å². The topological polar surface area (TPSA) is 44.8 Å². The normalized spacial score (nSPS) is 10.5. The Balaban J connectivity index is 0.00000338. The molecule has 2 aromatic carbocycles. The van der Waals surface area contributed by atoms with Crippen LogP contribution in [0.4, 0.5) is 0 Å². The predicted octanol–water partition coefficient (Wildman–Crippen LogP) is 3.95. The first-order valence-corrected chi connectivity index (χ1v) is 9.36. The summed E-state index contributed by atoms with van der Waals surface area (Å²) in [7, 11) is 3.11. The van der Waals surface area contributed by atoms with Gasteiger partial charge in [0.25, 0.3) is 0 Å². The minimum Gasteiger partial charge on any atom is -0.496 e. The maximum atomic E-state index is 12.8. The van der Waals surface area contributed by atoms with Gasteiger partial charge in [0.15, 0.2) is 5.52 Å². The summed E-state index contributed by atoms with van der Waals surface area (Å²) < 4.78 is 16.4. The van der Waals surface area contributed by atoms with Crippen molar-refractivity contribution in [2.45, 2.75) is 26.7 Å². The predicted molar refractivity (Wildman–Crippen MR) is 109 cm³/mol. The van der Waals surface area contributed by atoms with Gasteiger partial charge in [-0.15, -0.1) is 0 Å². The zero-order valence-corrected chi connectivity index (χ0v) is 17.2. The number of hydrogen-bond acceptors (Lipinski definition) is 4. The molecule has 0 amide bonds. The molecule has 2 aromatic rings. The van der Waals surface area contributed by atoms with Crippen molar-refractivity contribution < 1.29 is 19.0 Å². The van der Waals surface area contributed by atoms with Crippen LogP contribution in [0.2, 0.25) is 0 Å². The van der Waals surface area contributed by atoms with E-state index < -0.39 is 0 Å². The van der Waals surface area contributed by atoms with Gasteiger partial charge in [0.2, 0.25) is 0 Å². The van der Waals surface area contributed by atoms with Gasteiger partial charge in [0, 0.05) is 18.9 Å². The molecule has 135 valence electrons. The van der Waals surface area contributed by atoms with Gasteiger partial charge < -0.3 is 14.2 Å². The molecule has 26 heavy (non-hydrogen) atoms. The van der Waals surface area contributed by atoms with Crippen LogP contribution in [0.15, 0.2) is 36.4 Å². The number of benzene rings is 2. The molecule has 0 aromatic heterocycles. The average molecular weight is 367 g/mol. The largest absolute Gasteiger partial charge is 0.496 e. The summed E-state index contributed by atoms with van der Waals surface area (Å²) >= 11 is 0. The van der Waals surface area contributed by atoms with Gasteiger partial charge in [0.1, 0.15) is 22.8 Å². The Labute approximate surface area is 169 Å². The number of rotatable bonds is 9. The van der Waals surface area contributed by atoms with E-state index in [9.17, 15) is 4.79 Å². The monoisotopic (exact) mass is 367 g/mol. The van der Waals surface area contributed by atoms with Gasteiger partial charge in [0.05, 0.1) is 20.8 Å². The fourth-order valence-electron chi connectivity index (χ4n) is 2.46. The summed E-state index contributed by atoms with van der Waals surface area (Å²) in [6.07, 6.45) is 2.14. The zero-order valence-electron chi connectivity index (χ0n) is 16.2. The summed E-state index contributed by atoms with van der Waals surface area (Å²) in [6.45, 7) is 4.85. The van der Waals surface area contributed by atoms with E-state index in [2.05, 4.69) is 6.92 Å². The molecule has 0 N–H and O–H groups in total. The third-order valence-electron chi connectivity index (χ3n) is 3.87. The van der Waals surface area contributed by atoms with Crippen molar-refractivity contribution in [3.63, 3.8) is 0 Å². The van der Waals surface area contributed by atoms with Gasteiger partial charge in [-0.1, -0.05) is 25.5 Å². The van der Waals surface area contributed by atoms with Crippen molar-refractivity contribution in [3.05, 3.63) is 47.5 Å². The molecular weight excluding hydrogens is 342 g/mol. The van der Waals surface area contributed by atoms with Gasteiger partial charge in [-0.3, -0.25) is 4.79 Å². The van der Waals surface area contributed by atoms with E-state index in [4.69, 9.17) is 14.2 Å². The molecule has 1 unspecified atom stereocenters. The van der Waals surface area contributed by atoms with Crippen LogP contribution in [-0.2, 0) is 0 Å². The van der Waals surface area contributed by atoms with E-state index in [1.54, 1.807) is 26.4 Å². The maximum Gasteiger partial charge on any atom is 0.193 e. The summed E-state index contributed by atoms with van der Waals surface area (Å²) in [5, 5.41) is 1.00. The Hall–Kier alpha value is -1.46. The van der Waals surface area contributed by atoms with Crippen molar-refractivity contribution in [1.29, 1.82) is 0 Å². The van der Waals surface area contributed by atoms with Gasteiger partial charge >= 0.3 is 0 Å². The van der Waals surface area contributed by atoms with Crippen LogP contribution in [0, 0.1) is 6.92 Å². The number of methoxy groups -OCH3 is 2. The van der Waals surface area contributed by atoms with Crippen LogP contribution in [0.3, 0.4) is 0 Å². The molecule has 1 radical (unpaired) electrons. The van der Waals surface area contributed by atoms with Crippen molar-refractivity contribution in [2.24, 2.45) is 0 Å². The molecule has 6 heteroatoms. The van der Waals surface area contributed by atoms with Crippen LogP contribution in [0.1, 0.15) is 35.7 Å². The molecule has 0 bridgehead atoms. The van der Waals surface area contributed by atoms with Crippen LogP contribution in [0.5, 0.6) is 17.2 Å². The number of aryl methyl sites for hydroxylation is 1. The first-order chi connectivity index (χ1) is 12.1. The van der Waals surface area contributed by atoms with Crippen LogP contribution in [0.25, 0.3) is 0 Å². The Morgan fingerprint density at radius 1 is 1.08 bits per heavy atom. The fourth-order valence-corrected chi connectivity index (χ4v) is 3.51. The molecule has 0 aliphatic rings. The van der Waals surface area contributed by atoms with Gasteiger partial charge in [-0.05, 0) is 57.1 Å². The minimum absolute atomic E-state index is 0. The quantitative estimate of drug-likeness (QED) is 0.382. The molecule has 1 atom stereocenters. The van der Waals surface area contributed by atoms with Crippen molar-refractivity contribution >= 4 is 38.3 Å². The molecule has 0 aliphatic heterocycles. The third-order valence-corrected chi connectivity index (χ3v) is 5.17. The Morgan fingerprint density at radius 3 is 2.27 bits per heavy atom. The van der Waals surface area contributed by atoms with E-state index in [-0.39, 0.29) is 33.0 Å². The number of hydrogen-bond donors (Lipinski definition) is 0. The standard InChI is InChI=1S/C20H25O4P.Li/c1-5-6-12-24-15-10-11-18(14(2)13-15)25-20(21)19-16(22-3)8-7-9-17(19)23-4;/h7-11,13,25H,5-6,12H2,1-4H3;. The van der Waals surface area contributed by atoms with Gasteiger partial charge in [-0.2, -0.15) is 0 Å². The van der Waals surface area contributed by atoms with Crippen molar-refractivity contribution in [2.75, 3.05) is 20.8 Å². The second-order valence-electron chi connectivity index (χ2n) is 5.67. The van der Waals surface area contributed by atoms with Crippen molar-refractivity contribution in [3.8, 4) is 17.2 Å². The van der Waals surface area contributed by atoms with E-state index in [0.29, 0.717) is 17.1 Å². The maximum absolute atomic E-state index is 12.8. The smallest absolute Gasteiger partial charge is 0.193 e. The molecule has 0 heterocycles. The van der Waals surface area contributed by atoms with E-state index in [1.165, 1.54) is 0 Å². The molecule has 0 saturated heterocycles. The third kappa shape index (κ3) is 5.78. The van der Waals surface area contributed by atoms with Crippen molar-refractivity contribution in [1.82, 2.24) is 0 Å². The molecule has 0 spiro atoms. The molecule has 4 nitrogen and oxygen atoms in total. The van der Waals surface area contributed by atoms with E-state index in [0.717, 1.165) is 36.1 Å². The fraction of sp³-hybridized carbons (Fsp3) is 0.350. The molecule has 0 saturated carbocycles. The molecule has 0 fully saturated rings. The summed E-state index contributed by atoms with van der Waals surface area (Å²) in [5.41, 5.74) is 1.54. The summed E-state index contributed by atoms with van der Waals surface area (Å²) in [4.78, 5) is 12.8. The first-order valence-electron chi connectivity index (χ1n) is 8.36. The van der Waals surface area contributed by atoms with Gasteiger partial charge in [-0.25, -0.2) is 0 Å². The van der Waals surface area contributed by atoms with E-state index >= 15 is 0 Å². The Morgan fingerprint density at radius 2 is 1.73 bits per heavy atom. The van der Waals surface area contributed by atoms with E-state index in [1.807, 2.05) is 31.2 Å². The second kappa shape index (κ2) is 11.3. The Kier molecular flexibility index (Phi) is 9.81. The summed E-state index contributed by atoms with van der Waals surface area (Å²) in [5.74, 6) is 1.92. The number of carbonyl (C=O) groups excluding carboxylic acids is 1. The Bertz CT molecular complexity index is 711. The SMILES string of the molecule is CCCCOc1ccc(PC(=O)c2c(OC)cccc2OC)c(C)c1.[Li]. The minimum atomic E-state index is -0.00273. The number of ether oxygens (including phenoxy) is 3. The zero-order chi connectivity index (χ0) is 18.2. The van der Waals surface area contributed by atoms with Crippen LogP contribution in [-0.4, -0.2) is 45.2 Å². The molecular formula is C20H25LiO4P. The van der Waals surface area contributed by atoms with Crippen LogP contribution >= 0.6 is 8.58 Å².